The van der Waals surface area contributed by atoms with Crippen LogP contribution in [0.15, 0.2) is 24.3 Å². The number of para-hydroxylation sites is 1. The molecule has 102 valence electrons. The Balaban J connectivity index is 2.54. The van der Waals surface area contributed by atoms with E-state index in [2.05, 4.69) is 40.2 Å². The lowest BCUT2D eigenvalue weighted by molar-refractivity contribution is 0.736. The molecule has 0 aliphatic heterocycles. The van der Waals surface area contributed by atoms with Crippen LogP contribution in [0.3, 0.4) is 0 Å². The molecule has 0 atom stereocenters. The third kappa shape index (κ3) is 2.93. The highest BCUT2D eigenvalue weighted by Gasteiger charge is 2.12. The summed E-state index contributed by atoms with van der Waals surface area (Å²) < 4.78 is 0. The van der Waals surface area contributed by atoms with E-state index in [1.54, 1.807) is 0 Å². The van der Waals surface area contributed by atoms with Crippen LogP contribution >= 0.6 is 0 Å². The highest BCUT2D eigenvalue weighted by Crippen LogP contribution is 2.25. The number of aromatic nitrogens is 2. The van der Waals surface area contributed by atoms with E-state index in [4.69, 9.17) is 5.84 Å². The minimum Gasteiger partial charge on any atom is -0.356 e. The monoisotopic (exact) mass is 259 g/mol. The smallest absolute Gasteiger partial charge is 0.239 e. The van der Waals surface area contributed by atoms with Crippen LogP contribution in [0.4, 0.5) is 11.8 Å². The molecule has 0 spiro atoms. The summed E-state index contributed by atoms with van der Waals surface area (Å²) in [6.45, 7) is 6.32. The topological polar surface area (TPSA) is 67.1 Å². The predicted molar refractivity (Wildman–Crippen MR) is 80.1 cm³/mol. The molecular weight excluding hydrogens is 238 g/mol. The average molecular weight is 259 g/mol. The fourth-order valence-corrected chi connectivity index (χ4v) is 2.23. The maximum Gasteiger partial charge on any atom is 0.239 e. The van der Waals surface area contributed by atoms with E-state index in [0.717, 1.165) is 42.7 Å². The van der Waals surface area contributed by atoms with Crippen LogP contribution in [0.1, 0.15) is 26.7 Å². The number of nitrogens with one attached hydrogen (secondary N) is 1. The molecule has 0 aliphatic carbocycles. The Hall–Kier alpha value is -1.88. The van der Waals surface area contributed by atoms with Gasteiger partial charge in [-0.25, -0.2) is 10.8 Å². The summed E-state index contributed by atoms with van der Waals surface area (Å²) >= 11 is 0. The molecule has 5 nitrogen and oxygen atoms in total. The second-order valence-corrected chi connectivity index (χ2v) is 4.52. The maximum atomic E-state index is 5.46. The van der Waals surface area contributed by atoms with Crippen LogP contribution in [-0.4, -0.2) is 23.1 Å². The standard InChI is InChI=1S/C14H21N5/c1-3-9-19(10-4-2)13-11-7-5-6-8-12(11)16-14(17-13)18-15/h5-8H,3-4,9-10,15H2,1-2H3,(H,16,17,18). The number of benzene rings is 1. The molecule has 0 saturated heterocycles. The molecule has 0 radical (unpaired) electrons. The summed E-state index contributed by atoms with van der Waals surface area (Å²) in [7, 11) is 0. The second-order valence-electron chi connectivity index (χ2n) is 4.52. The molecule has 3 N–H and O–H groups in total. The third-order valence-corrected chi connectivity index (χ3v) is 3.00. The normalized spacial score (nSPS) is 10.7. The van der Waals surface area contributed by atoms with Crippen LogP contribution in [0.5, 0.6) is 0 Å². The summed E-state index contributed by atoms with van der Waals surface area (Å²) in [6.07, 6.45) is 2.17. The molecule has 0 aliphatic rings. The van der Waals surface area contributed by atoms with Gasteiger partial charge in [0.05, 0.1) is 5.52 Å². The minimum atomic E-state index is 0.464. The number of hydrogen-bond donors (Lipinski definition) is 2. The second kappa shape index (κ2) is 6.33. The molecule has 0 saturated carbocycles. The number of hydrogen-bond acceptors (Lipinski definition) is 5. The van der Waals surface area contributed by atoms with Crippen molar-refractivity contribution in [1.82, 2.24) is 9.97 Å². The summed E-state index contributed by atoms with van der Waals surface area (Å²) in [5.74, 6) is 6.89. The summed E-state index contributed by atoms with van der Waals surface area (Å²) in [5, 5.41) is 1.07. The number of nitrogens with two attached hydrogens (primary N) is 1. The van der Waals surface area contributed by atoms with Crippen LogP contribution in [0.25, 0.3) is 10.9 Å². The van der Waals surface area contributed by atoms with Crippen molar-refractivity contribution in [3.8, 4) is 0 Å². The van der Waals surface area contributed by atoms with Crippen molar-refractivity contribution in [3.05, 3.63) is 24.3 Å². The molecule has 0 unspecified atom stereocenters. The highest BCUT2D eigenvalue weighted by molar-refractivity contribution is 5.90. The summed E-state index contributed by atoms with van der Waals surface area (Å²) in [6, 6.07) is 8.03. The van der Waals surface area contributed by atoms with Crippen LogP contribution < -0.4 is 16.2 Å². The zero-order chi connectivity index (χ0) is 13.7. The Kier molecular flexibility index (Phi) is 4.52. The van der Waals surface area contributed by atoms with Gasteiger partial charge in [-0.2, -0.15) is 4.98 Å². The molecule has 0 amide bonds. The quantitative estimate of drug-likeness (QED) is 0.616. The average Bonchev–Trinajstić information content (AvgIpc) is 2.46. The molecule has 5 heteroatoms. The Morgan fingerprint density at radius 2 is 1.79 bits per heavy atom. The van der Waals surface area contributed by atoms with E-state index >= 15 is 0 Å². The Morgan fingerprint density at radius 3 is 2.42 bits per heavy atom. The first kappa shape index (κ1) is 13.5. The molecule has 1 aromatic carbocycles. The van der Waals surface area contributed by atoms with Gasteiger partial charge in [-0.1, -0.05) is 26.0 Å². The van der Waals surface area contributed by atoms with Gasteiger partial charge in [0.25, 0.3) is 0 Å². The molecule has 2 rings (SSSR count). The molecule has 0 bridgehead atoms. The first-order valence-corrected chi connectivity index (χ1v) is 6.78. The van der Waals surface area contributed by atoms with Gasteiger partial charge in [-0.05, 0) is 25.0 Å². The molecule has 1 heterocycles. The zero-order valence-electron chi connectivity index (χ0n) is 11.6. The Bertz CT molecular complexity index is 534. The number of rotatable bonds is 6. The lowest BCUT2D eigenvalue weighted by Gasteiger charge is -2.24. The lowest BCUT2D eigenvalue weighted by atomic mass is 10.2. The van der Waals surface area contributed by atoms with Gasteiger partial charge in [-0.15, -0.1) is 0 Å². The van der Waals surface area contributed by atoms with Gasteiger partial charge in [-0.3, -0.25) is 5.43 Å². The van der Waals surface area contributed by atoms with E-state index in [-0.39, 0.29) is 0 Å². The third-order valence-electron chi connectivity index (χ3n) is 3.00. The maximum absolute atomic E-state index is 5.46. The van der Waals surface area contributed by atoms with E-state index < -0.39 is 0 Å². The van der Waals surface area contributed by atoms with Gasteiger partial charge in [0, 0.05) is 18.5 Å². The van der Waals surface area contributed by atoms with Gasteiger partial charge < -0.3 is 4.90 Å². The lowest BCUT2D eigenvalue weighted by Crippen LogP contribution is -2.27. The van der Waals surface area contributed by atoms with Crippen molar-refractivity contribution in [2.24, 2.45) is 5.84 Å². The first-order chi connectivity index (χ1) is 9.30. The molecule has 1 aromatic heterocycles. The van der Waals surface area contributed by atoms with E-state index in [1.165, 1.54) is 0 Å². The molecule has 19 heavy (non-hydrogen) atoms. The van der Waals surface area contributed by atoms with E-state index in [9.17, 15) is 0 Å². The Morgan fingerprint density at radius 1 is 1.11 bits per heavy atom. The SMILES string of the molecule is CCCN(CCC)c1nc(NN)nc2ccccc12. The summed E-state index contributed by atoms with van der Waals surface area (Å²) in [4.78, 5) is 11.2. The number of nitrogens with zero attached hydrogens (tertiary/aromatic N) is 3. The van der Waals surface area contributed by atoms with Crippen molar-refractivity contribution in [3.63, 3.8) is 0 Å². The number of fused-ring (bicyclic) bond motifs is 1. The molecule has 2 aromatic rings. The van der Waals surface area contributed by atoms with Crippen LogP contribution in [-0.2, 0) is 0 Å². The fourth-order valence-electron chi connectivity index (χ4n) is 2.23. The highest BCUT2D eigenvalue weighted by atomic mass is 15.3. The van der Waals surface area contributed by atoms with Gasteiger partial charge in [0.2, 0.25) is 5.95 Å². The largest absolute Gasteiger partial charge is 0.356 e. The Labute approximate surface area is 113 Å². The van der Waals surface area contributed by atoms with Crippen molar-refractivity contribution < 1.29 is 0 Å². The van der Waals surface area contributed by atoms with E-state index in [0.29, 0.717) is 5.95 Å². The van der Waals surface area contributed by atoms with Gasteiger partial charge in [0.1, 0.15) is 5.82 Å². The first-order valence-electron chi connectivity index (χ1n) is 6.78. The van der Waals surface area contributed by atoms with Gasteiger partial charge >= 0.3 is 0 Å². The van der Waals surface area contributed by atoms with Crippen LogP contribution in [0, 0.1) is 0 Å². The fraction of sp³-hybridized carbons (Fsp3) is 0.429. The van der Waals surface area contributed by atoms with Crippen LogP contribution in [0.2, 0.25) is 0 Å². The van der Waals surface area contributed by atoms with Crippen molar-refractivity contribution in [1.29, 1.82) is 0 Å². The summed E-state index contributed by atoms with van der Waals surface area (Å²) in [5.41, 5.74) is 3.46. The number of anilines is 2. The number of hydrazine groups is 1. The van der Waals surface area contributed by atoms with Crippen molar-refractivity contribution in [2.45, 2.75) is 26.7 Å². The van der Waals surface area contributed by atoms with Crippen molar-refractivity contribution >= 4 is 22.7 Å². The minimum absolute atomic E-state index is 0.464. The zero-order valence-corrected chi connectivity index (χ0v) is 11.6. The molecule has 0 fully saturated rings. The molecular formula is C14H21N5. The van der Waals surface area contributed by atoms with Gasteiger partial charge in [0.15, 0.2) is 0 Å². The van der Waals surface area contributed by atoms with E-state index in [1.807, 2.05) is 18.2 Å². The van der Waals surface area contributed by atoms with Crippen molar-refractivity contribution in [2.75, 3.05) is 23.4 Å². The number of nitrogen functional groups attached to an aromatic ring is 1. The predicted octanol–water partition coefficient (Wildman–Crippen LogP) is 2.54.